The second-order valence-electron chi connectivity index (χ2n) is 9.11. The molecule has 1 aliphatic rings. The van der Waals surface area contributed by atoms with Crippen LogP contribution in [-0.2, 0) is 20.7 Å². The van der Waals surface area contributed by atoms with E-state index >= 15 is 0 Å². The first-order valence-electron chi connectivity index (χ1n) is 11.9. The van der Waals surface area contributed by atoms with E-state index in [4.69, 9.17) is 4.74 Å². The third kappa shape index (κ3) is 5.30. The summed E-state index contributed by atoms with van der Waals surface area (Å²) < 4.78 is 7.39. The SMILES string of the molecule is Cc1ccc(-c2nc(C)sc2CC(=O)OCC(=O)Nc2c(C#N)c(C)c(C)n2C2CCCC2)cc1. The van der Waals surface area contributed by atoms with E-state index in [-0.39, 0.29) is 12.5 Å². The molecule has 7 nitrogen and oxygen atoms in total. The fourth-order valence-corrected chi connectivity index (χ4v) is 5.67. The fraction of sp³-hybridized carbons (Fsp3) is 0.407. The van der Waals surface area contributed by atoms with Crippen LogP contribution < -0.4 is 5.32 Å². The average Bonchev–Trinajstić information content (AvgIpc) is 3.53. The summed E-state index contributed by atoms with van der Waals surface area (Å²) in [6.45, 7) is 7.40. The van der Waals surface area contributed by atoms with Crippen LogP contribution in [0.3, 0.4) is 0 Å². The molecule has 1 amide bonds. The molecule has 0 spiro atoms. The molecule has 1 fully saturated rings. The molecule has 35 heavy (non-hydrogen) atoms. The highest BCUT2D eigenvalue weighted by molar-refractivity contribution is 7.12. The first-order chi connectivity index (χ1) is 16.8. The maximum Gasteiger partial charge on any atom is 0.311 e. The summed E-state index contributed by atoms with van der Waals surface area (Å²) in [7, 11) is 0. The normalized spacial score (nSPS) is 13.6. The van der Waals surface area contributed by atoms with E-state index < -0.39 is 18.5 Å². The number of amides is 1. The lowest BCUT2D eigenvalue weighted by Gasteiger charge is -2.19. The molecule has 0 aliphatic heterocycles. The van der Waals surface area contributed by atoms with Gasteiger partial charge < -0.3 is 14.6 Å². The Kier molecular flexibility index (Phi) is 7.37. The van der Waals surface area contributed by atoms with Crippen LogP contribution in [0.2, 0.25) is 0 Å². The lowest BCUT2D eigenvalue weighted by atomic mass is 10.1. The fourth-order valence-electron chi connectivity index (χ4n) is 4.73. The predicted octanol–water partition coefficient (Wildman–Crippen LogP) is 5.56. The third-order valence-electron chi connectivity index (χ3n) is 6.61. The molecule has 2 aromatic heterocycles. The van der Waals surface area contributed by atoms with E-state index in [0.29, 0.717) is 11.4 Å². The summed E-state index contributed by atoms with van der Waals surface area (Å²) in [5.74, 6) is -0.433. The molecule has 3 aromatic rings. The second kappa shape index (κ2) is 10.4. The van der Waals surface area contributed by atoms with Gasteiger partial charge in [-0.3, -0.25) is 9.59 Å². The molecule has 4 rings (SSSR count). The van der Waals surface area contributed by atoms with Crippen molar-refractivity contribution in [1.82, 2.24) is 9.55 Å². The van der Waals surface area contributed by atoms with E-state index in [1.165, 1.54) is 11.3 Å². The molecule has 0 atom stereocenters. The lowest BCUT2D eigenvalue weighted by Crippen LogP contribution is -2.24. The van der Waals surface area contributed by atoms with Crippen LogP contribution >= 0.6 is 11.3 Å². The number of rotatable bonds is 7. The van der Waals surface area contributed by atoms with Gasteiger partial charge in [0.15, 0.2) is 6.61 Å². The van der Waals surface area contributed by atoms with Gasteiger partial charge in [0.05, 0.1) is 22.7 Å². The van der Waals surface area contributed by atoms with Crippen molar-refractivity contribution in [1.29, 1.82) is 5.26 Å². The molecule has 0 unspecified atom stereocenters. The first kappa shape index (κ1) is 24.7. The van der Waals surface area contributed by atoms with Crippen molar-refractivity contribution in [3.05, 3.63) is 56.5 Å². The number of aromatic nitrogens is 2. The summed E-state index contributed by atoms with van der Waals surface area (Å²) >= 11 is 1.45. The van der Waals surface area contributed by atoms with Crippen molar-refractivity contribution in [3.63, 3.8) is 0 Å². The Morgan fingerprint density at radius 2 is 1.86 bits per heavy atom. The molecule has 1 aliphatic carbocycles. The molecule has 8 heteroatoms. The minimum absolute atomic E-state index is 0.0438. The molecule has 1 N–H and O–H groups in total. The number of carbonyl (C=O) groups is 2. The monoisotopic (exact) mass is 490 g/mol. The molecule has 0 saturated heterocycles. The van der Waals surface area contributed by atoms with Crippen molar-refractivity contribution in [2.45, 2.75) is 65.8 Å². The van der Waals surface area contributed by atoms with Gasteiger partial charge in [-0.2, -0.15) is 5.26 Å². The minimum Gasteiger partial charge on any atom is -0.455 e. The highest BCUT2D eigenvalue weighted by Crippen LogP contribution is 2.37. The molecular formula is C27H30N4O3S. The average molecular weight is 491 g/mol. The summed E-state index contributed by atoms with van der Waals surface area (Å²) in [5, 5.41) is 13.4. The van der Waals surface area contributed by atoms with Gasteiger partial charge >= 0.3 is 5.97 Å². The maximum atomic E-state index is 12.7. The van der Waals surface area contributed by atoms with Crippen molar-refractivity contribution >= 4 is 29.0 Å². The Labute approximate surface area is 209 Å². The van der Waals surface area contributed by atoms with Gasteiger partial charge in [0.1, 0.15) is 11.9 Å². The summed E-state index contributed by atoms with van der Waals surface area (Å²) in [4.78, 5) is 30.7. The van der Waals surface area contributed by atoms with Gasteiger partial charge in [0.25, 0.3) is 5.91 Å². The standard InChI is InChI=1S/C27H30N4O3S/c1-16-9-11-20(12-10-16)26-23(35-19(4)29-26)13-25(33)34-15-24(32)30-27-22(14-28)17(2)18(3)31(27)21-7-5-6-8-21/h9-12,21H,5-8,13,15H2,1-4H3,(H,30,32). The predicted molar refractivity (Wildman–Crippen MR) is 136 cm³/mol. The summed E-state index contributed by atoms with van der Waals surface area (Å²) in [6.07, 6.45) is 4.36. The van der Waals surface area contributed by atoms with Crippen molar-refractivity contribution < 1.29 is 14.3 Å². The number of nitriles is 1. The highest BCUT2D eigenvalue weighted by Gasteiger charge is 2.27. The number of benzene rings is 1. The van der Waals surface area contributed by atoms with Gasteiger partial charge in [-0.15, -0.1) is 11.3 Å². The number of aryl methyl sites for hydroxylation is 2. The van der Waals surface area contributed by atoms with Gasteiger partial charge in [-0.1, -0.05) is 42.7 Å². The van der Waals surface area contributed by atoms with Crippen molar-refractivity contribution in [2.75, 3.05) is 11.9 Å². The van der Waals surface area contributed by atoms with Crippen LogP contribution in [0.15, 0.2) is 24.3 Å². The Balaban J connectivity index is 1.43. The largest absolute Gasteiger partial charge is 0.455 e. The van der Waals surface area contributed by atoms with Crippen molar-refractivity contribution in [3.8, 4) is 17.3 Å². The number of nitrogens with one attached hydrogen (secondary N) is 1. The van der Waals surface area contributed by atoms with Gasteiger partial charge in [0.2, 0.25) is 0 Å². The molecule has 1 saturated carbocycles. The van der Waals surface area contributed by atoms with Crippen LogP contribution in [0.5, 0.6) is 0 Å². The number of hydrogen-bond donors (Lipinski definition) is 1. The number of thiazole rings is 1. The number of ether oxygens (including phenoxy) is 1. The minimum atomic E-state index is -0.490. The Morgan fingerprint density at radius 1 is 1.17 bits per heavy atom. The smallest absolute Gasteiger partial charge is 0.311 e. The zero-order valence-corrected chi connectivity index (χ0v) is 21.4. The molecule has 2 heterocycles. The quantitative estimate of drug-likeness (QED) is 0.438. The number of esters is 1. The van der Waals surface area contributed by atoms with E-state index in [1.54, 1.807) is 0 Å². The zero-order valence-electron chi connectivity index (χ0n) is 20.6. The summed E-state index contributed by atoms with van der Waals surface area (Å²) in [5.41, 5.74) is 5.20. The van der Waals surface area contributed by atoms with E-state index in [1.807, 2.05) is 52.0 Å². The van der Waals surface area contributed by atoms with Gasteiger partial charge in [-0.25, -0.2) is 4.98 Å². The lowest BCUT2D eigenvalue weighted by molar-refractivity contribution is -0.146. The van der Waals surface area contributed by atoms with Gasteiger partial charge in [-0.05, 0) is 46.1 Å². The van der Waals surface area contributed by atoms with E-state index in [9.17, 15) is 14.9 Å². The molecule has 182 valence electrons. The maximum absolute atomic E-state index is 12.7. The number of anilines is 1. The molecule has 1 aromatic carbocycles. The Hall–Kier alpha value is -3.44. The molecular weight excluding hydrogens is 460 g/mol. The van der Waals surface area contributed by atoms with Crippen molar-refractivity contribution in [2.24, 2.45) is 0 Å². The van der Waals surface area contributed by atoms with E-state index in [0.717, 1.165) is 63.6 Å². The van der Waals surface area contributed by atoms with Crippen LogP contribution in [0, 0.1) is 39.0 Å². The molecule has 0 bridgehead atoms. The van der Waals surface area contributed by atoms with Crippen LogP contribution in [-0.4, -0.2) is 28.0 Å². The van der Waals surface area contributed by atoms with Crippen LogP contribution in [0.25, 0.3) is 11.3 Å². The van der Waals surface area contributed by atoms with Crippen LogP contribution in [0.4, 0.5) is 5.82 Å². The summed E-state index contributed by atoms with van der Waals surface area (Å²) in [6, 6.07) is 10.5. The second-order valence-corrected chi connectivity index (χ2v) is 10.4. The first-order valence-corrected chi connectivity index (χ1v) is 12.7. The molecule has 0 radical (unpaired) electrons. The van der Waals surface area contributed by atoms with Gasteiger partial charge in [0, 0.05) is 22.2 Å². The van der Waals surface area contributed by atoms with E-state index in [2.05, 4.69) is 20.9 Å². The van der Waals surface area contributed by atoms with Crippen LogP contribution in [0.1, 0.15) is 64.0 Å². The number of hydrogen-bond acceptors (Lipinski definition) is 6. The topological polar surface area (TPSA) is 97.0 Å². The number of nitrogens with zero attached hydrogens (tertiary/aromatic N) is 3. The third-order valence-corrected chi connectivity index (χ3v) is 7.59. The Morgan fingerprint density at radius 3 is 2.51 bits per heavy atom. The highest BCUT2D eigenvalue weighted by atomic mass is 32.1. The zero-order chi connectivity index (χ0) is 25.1. The number of carbonyl (C=O) groups excluding carboxylic acids is 2. The Bertz CT molecular complexity index is 1290.